The Kier molecular flexibility index (Phi) is 5.11. The maximum Gasteiger partial charge on any atom is 0.331 e. The molecular formula is C11H15NO4S. The third-order valence-corrected chi connectivity index (χ3v) is 3.23. The number of carbonyl (C=O) groups excluding carboxylic acids is 2. The minimum absolute atomic E-state index is 0.200. The highest BCUT2D eigenvalue weighted by atomic mass is 32.1. The zero-order valence-corrected chi connectivity index (χ0v) is 10.5. The highest BCUT2D eigenvalue weighted by molar-refractivity contribution is 7.12. The Morgan fingerprint density at radius 2 is 2.35 bits per heavy atom. The van der Waals surface area contributed by atoms with Gasteiger partial charge in [-0.25, -0.2) is 4.79 Å². The van der Waals surface area contributed by atoms with Gasteiger partial charge in [-0.2, -0.15) is 0 Å². The number of esters is 1. The topological polar surface area (TPSA) is 75.6 Å². The fourth-order valence-electron chi connectivity index (χ4n) is 1.37. The lowest BCUT2D eigenvalue weighted by Gasteiger charge is -2.19. The van der Waals surface area contributed by atoms with Gasteiger partial charge in [0.1, 0.15) is 6.10 Å². The zero-order valence-electron chi connectivity index (χ0n) is 9.67. The Hall–Kier alpha value is -1.40. The van der Waals surface area contributed by atoms with Gasteiger partial charge in [0, 0.05) is 9.75 Å². The molecule has 94 valence electrons. The average molecular weight is 257 g/mol. The lowest BCUT2D eigenvalue weighted by Crippen LogP contribution is -2.42. The van der Waals surface area contributed by atoms with Crippen LogP contribution >= 0.6 is 11.3 Å². The molecule has 1 rings (SSSR count). The molecule has 5 nitrogen and oxygen atoms in total. The van der Waals surface area contributed by atoms with Crippen molar-refractivity contribution in [2.45, 2.75) is 26.0 Å². The number of hydrogen-bond acceptors (Lipinski definition) is 5. The zero-order chi connectivity index (χ0) is 12.8. The summed E-state index contributed by atoms with van der Waals surface area (Å²) in [5.74, 6) is -0.641. The summed E-state index contributed by atoms with van der Waals surface area (Å²) in [6, 6.07) is 2.50. The number of nitrogens with one attached hydrogen (secondary N) is 1. The van der Waals surface area contributed by atoms with E-state index in [0.717, 1.165) is 4.88 Å². The molecule has 0 spiro atoms. The van der Waals surface area contributed by atoms with E-state index in [1.807, 2.05) is 13.0 Å². The van der Waals surface area contributed by atoms with Crippen LogP contribution in [0.1, 0.15) is 22.8 Å². The van der Waals surface area contributed by atoms with Crippen molar-refractivity contribution >= 4 is 23.7 Å². The van der Waals surface area contributed by atoms with Gasteiger partial charge in [-0.1, -0.05) is 0 Å². The molecule has 6 heteroatoms. The summed E-state index contributed by atoms with van der Waals surface area (Å²) < 4.78 is 4.79. The second-order valence-electron chi connectivity index (χ2n) is 3.41. The van der Waals surface area contributed by atoms with Gasteiger partial charge in [-0.15, -0.1) is 11.3 Å². The first-order valence-electron chi connectivity index (χ1n) is 5.20. The van der Waals surface area contributed by atoms with Crippen LogP contribution in [0.3, 0.4) is 0 Å². The molecule has 0 aliphatic heterocycles. The number of rotatable bonds is 6. The third kappa shape index (κ3) is 3.54. The van der Waals surface area contributed by atoms with Crippen LogP contribution in [0.2, 0.25) is 0 Å². The van der Waals surface area contributed by atoms with Gasteiger partial charge in [0.15, 0.2) is 6.04 Å². The molecule has 0 aliphatic rings. The first-order chi connectivity index (χ1) is 8.10. The average Bonchev–Trinajstić information content (AvgIpc) is 2.72. The molecule has 1 amide bonds. The normalized spacial score (nSPS) is 13.8. The maximum absolute atomic E-state index is 11.6. The summed E-state index contributed by atoms with van der Waals surface area (Å²) in [7, 11) is 0. The molecule has 0 aliphatic carbocycles. The van der Waals surface area contributed by atoms with E-state index < -0.39 is 18.1 Å². The third-order valence-electron chi connectivity index (χ3n) is 2.16. The number of ether oxygens (including phenoxy) is 1. The summed E-state index contributed by atoms with van der Waals surface area (Å²) in [5.41, 5.74) is 0. The number of amides is 1. The van der Waals surface area contributed by atoms with Crippen LogP contribution in [0.5, 0.6) is 0 Å². The van der Waals surface area contributed by atoms with E-state index in [1.165, 1.54) is 11.3 Å². The predicted octanol–water partition coefficient (Wildman–Crippen LogP) is 0.768. The summed E-state index contributed by atoms with van der Waals surface area (Å²) in [4.78, 5) is 23.6. The molecule has 1 heterocycles. The Balaban J connectivity index is 2.82. The van der Waals surface area contributed by atoms with Crippen molar-refractivity contribution < 1.29 is 19.4 Å². The summed E-state index contributed by atoms with van der Waals surface area (Å²) in [6.45, 7) is 3.76. The van der Waals surface area contributed by atoms with Crippen molar-refractivity contribution in [2.75, 3.05) is 6.61 Å². The second-order valence-corrected chi connectivity index (χ2v) is 4.73. The minimum Gasteiger partial charge on any atom is -0.464 e. The smallest absolute Gasteiger partial charge is 0.331 e. The van der Waals surface area contributed by atoms with Crippen molar-refractivity contribution in [1.82, 2.24) is 5.32 Å². The van der Waals surface area contributed by atoms with Crippen LogP contribution in [-0.2, 0) is 14.3 Å². The fourth-order valence-corrected chi connectivity index (χ4v) is 2.27. The Labute approximate surface area is 103 Å². The lowest BCUT2D eigenvalue weighted by molar-refractivity contribution is -0.149. The molecular weight excluding hydrogens is 242 g/mol. The molecule has 0 saturated heterocycles. The summed E-state index contributed by atoms with van der Waals surface area (Å²) in [6.07, 6.45) is -0.705. The van der Waals surface area contributed by atoms with Crippen LogP contribution < -0.4 is 5.32 Å². The largest absolute Gasteiger partial charge is 0.464 e. The van der Waals surface area contributed by atoms with Gasteiger partial charge in [-0.05, 0) is 26.0 Å². The standard InChI is InChI=1S/C11H15NO4S/c1-3-16-11(15)9(12-6-13)10(14)8-5-4-7(2)17-8/h4-6,9-10,14H,3H2,1-2H3,(H,12,13). The van der Waals surface area contributed by atoms with Gasteiger partial charge in [0.25, 0.3) is 0 Å². The maximum atomic E-state index is 11.6. The molecule has 0 radical (unpaired) electrons. The van der Waals surface area contributed by atoms with Crippen LogP contribution in [0.15, 0.2) is 12.1 Å². The first kappa shape index (κ1) is 13.7. The van der Waals surface area contributed by atoms with E-state index >= 15 is 0 Å². The number of aliphatic hydroxyl groups excluding tert-OH is 1. The minimum atomic E-state index is -1.09. The van der Waals surface area contributed by atoms with Crippen LogP contribution in [0.4, 0.5) is 0 Å². The molecule has 0 bridgehead atoms. The number of aryl methyl sites for hydroxylation is 1. The second kappa shape index (κ2) is 6.36. The molecule has 0 fully saturated rings. The number of hydrogen-bond donors (Lipinski definition) is 2. The van der Waals surface area contributed by atoms with Gasteiger partial charge in [0.2, 0.25) is 6.41 Å². The molecule has 2 unspecified atom stereocenters. The van der Waals surface area contributed by atoms with E-state index in [-0.39, 0.29) is 6.61 Å². The lowest BCUT2D eigenvalue weighted by atomic mass is 10.1. The van der Waals surface area contributed by atoms with Crippen molar-refractivity contribution in [3.05, 3.63) is 21.9 Å². The van der Waals surface area contributed by atoms with Crippen LogP contribution in [-0.4, -0.2) is 30.1 Å². The van der Waals surface area contributed by atoms with Crippen LogP contribution in [0, 0.1) is 6.92 Å². The van der Waals surface area contributed by atoms with Crippen LogP contribution in [0.25, 0.3) is 0 Å². The van der Waals surface area contributed by atoms with Crippen molar-refractivity contribution in [3.63, 3.8) is 0 Å². The van der Waals surface area contributed by atoms with Gasteiger partial charge >= 0.3 is 5.97 Å². The Bertz CT molecular complexity index is 391. The highest BCUT2D eigenvalue weighted by Crippen LogP contribution is 2.25. The molecule has 0 aromatic carbocycles. The molecule has 2 atom stereocenters. The molecule has 2 N–H and O–H groups in total. The first-order valence-corrected chi connectivity index (χ1v) is 6.02. The summed E-state index contributed by atoms with van der Waals surface area (Å²) in [5, 5.41) is 12.3. The predicted molar refractivity (Wildman–Crippen MR) is 63.6 cm³/mol. The highest BCUT2D eigenvalue weighted by Gasteiger charge is 2.29. The molecule has 1 aromatic heterocycles. The van der Waals surface area contributed by atoms with Crippen molar-refractivity contribution in [3.8, 4) is 0 Å². The van der Waals surface area contributed by atoms with E-state index in [4.69, 9.17) is 4.74 Å². The van der Waals surface area contributed by atoms with Gasteiger partial charge in [0.05, 0.1) is 6.61 Å². The SMILES string of the molecule is CCOC(=O)C(NC=O)C(O)c1ccc(C)s1. The van der Waals surface area contributed by atoms with Crippen molar-refractivity contribution in [2.24, 2.45) is 0 Å². The van der Waals surface area contributed by atoms with Crippen molar-refractivity contribution in [1.29, 1.82) is 0 Å². The number of thiophene rings is 1. The van der Waals surface area contributed by atoms with Gasteiger partial charge < -0.3 is 15.2 Å². The fraction of sp³-hybridized carbons (Fsp3) is 0.455. The Morgan fingerprint density at radius 3 is 2.82 bits per heavy atom. The number of aliphatic hydroxyl groups is 1. The molecule has 0 saturated carbocycles. The van der Waals surface area contributed by atoms with E-state index in [9.17, 15) is 14.7 Å². The van der Waals surface area contributed by atoms with E-state index in [0.29, 0.717) is 11.3 Å². The monoisotopic (exact) mass is 257 g/mol. The van der Waals surface area contributed by atoms with E-state index in [1.54, 1.807) is 13.0 Å². The van der Waals surface area contributed by atoms with E-state index in [2.05, 4.69) is 5.32 Å². The van der Waals surface area contributed by atoms with Gasteiger partial charge in [-0.3, -0.25) is 4.79 Å². The summed E-state index contributed by atoms with van der Waals surface area (Å²) >= 11 is 1.37. The molecule has 17 heavy (non-hydrogen) atoms. The Morgan fingerprint density at radius 1 is 1.65 bits per heavy atom. The number of carbonyl (C=O) groups is 2. The molecule has 1 aromatic rings. The quantitative estimate of drug-likeness (QED) is 0.583.